The highest BCUT2D eigenvalue weighted by molar-refractivity contribution is 5.88. The van der Waals surface area contributed by atoms with Crippen molar-refractivity contribution < 1.29 is 43.1 Å². The first-order chi connectivity index (χ1) is 15.4. The molecule has 170 valence electrons. The van der Waals surface area contributed by atoms with E-state index >= 15 is 0 Å². The lowest BCUT2D eigenvalue weighted by atomic mass is 9.89. The van der Waals surface area contributed by atoms with E-state index in [1.165, 1.54) is 41.6 Å². The van der Waals surface area contributed by atoms with Crippen LogP contribution < -0.4 is 18.9 Å². The first-order valence-electron chi connectivity index (χ1n) is 9.55. The molecule has 0 fully saturated rings. The molecule has 0 bridgehead atoms. The number of ether oxygens (including phenoxy) is 6. The van der Waals surface area contributed by atoms with Crippen molar-refractivity contribution in [3.05, 3.63) is 47.0 Å². The van der Waals surface area contributed by atoms with Crippen molar-refractivity contribution in [3.63, 3.8) is 0 Å². The number of benzene rings is 2. The summed E-state index contributed by atoms with van der Waals surface area (Å²) in [5.41, 5.74) is 1.65. The third-order valence-corrected chi connectivity index (χ3v) is 5.11. The van der Waals surface area contributed by atoms with Crippen LogP contribution in [0.5, 0.6) is 28.7 Å². The molecule has 9 nitrogen and oxygen atoms in total. The molecule has 0 aromatic heterocycles. The number of methoxy groups -OCH3 is 5. The number of carbonyl (C=O) groups is 2. The van der Waals surface area contributed by atoms with E-state index in [0.29, 0.717) is 28.2 Å². The van der Waals surface area contributed by atoms with Crippen LogP contribution in [0.25, 0.3) is 6.08 Å². The molecule has 0 saturated carbocycles. The molecule has 2 aromatic rings. The summed E-state index contributed by atoms with van der Waals surface area (Å²) in [6, 6.07) is 6.52. The van der Waals surface area contributed by atoms with Crippen molar-refractivity contribution in [2.45, 2.75) is 12.0 Å². The summed E-state index contributed by atoms with van der Waals surface area (Å²) < 4.78 is 31.8. The molecule has 1 aliphatic rings. The zero-order chi connectivity index (χ0) is 23.4. The minimum Gasteiger partial charge on any atom is -0.502 e. The lowest BCUT2D eigenvalue weighted by molar-refractivity contribution is -0.144. The molecule has 2 aromatic carbocycles. The lowest BCUT2D eigenvalue weighted by Gasteiger charge is -2.20. The molecular weight excluding hydrogens is 420 g/mol. The summed E-state index contributed by atoms with van der Waals surface area (Å²) in [6.07, 6.45) is 2.00. The molecule has 2 unspecified atom stereocenters. The molecule has 0 saturated heterocycles. The fourth-order valence-electron chi connectivity index (χ4n) is 3.56. The Hall–Kier alpha value is -3.88. The van der Waals surface area contributed by atoms with Crippen LogP contribution in [-0.2, 0) is 19.1 Å². The Morgan fingerprint density at radius 2 is 1.53 bits per heavy atom. The molecule has 32 heavy (non-hydrogen) atoms. The molecule has 0 spiro atoms. The fourth-order valence-corrected chi connectivity index (χ4v) is 3.56. The standard InChI is InChI=1S/C23H24O9/c1-27-15-10-13(11-16(28-2)20(15)25)21-19(23(26)31-5)14-8-12(6-7-18(24)30-4)9-17(29-3)22(14)32-21/h6-11,19,21,25H,1-5H3/b7-6+. The maximum Gasteiger partial charge on any atom is 0.330 e. The van der Waals surface area contributed by atoms with Crippen molar-refractivity contribution in [3.8, 4) is 28.7 Å². The van der Waals surface area contributed by atoms with Crippen LogP contribution in [0, 0.1) is 0 Å². The summed E-state index contributed by atoms with van der Waals surface area (Å²) in [4.78, 5) is 24.3. The third-order valence-electron chi connectivity index (χ3n) is 5.11. The first kappa shape index (κ1) is 22.8. The van der Waals surface area contributed by atoms with Gasteiger partial charge in [0.1, 0.15) is 12.0 Å². The molecule has 0 amide bonds. The van der Waals surface area contributed by atoms with E-state index in [2.05, 4.69) is 4.74 Å². The Morgan fingerprint density at radius 1 is 0.906 bits per heavy atom. The molecule has 3 rings (SSSR count). The molecule has 0 radical (unpaired) electrons. The number of rotatable bonds is 7. The van der Waals surface area contributed by atoms with Crippen LogP contribution in [0.4, 0.5) is 0 Å². The number of fused-ring (bicyclic) bond motifs is 1. The highest BCUT2D eigenvalue weighted by Gasteiger charge is 2.44. The van der Waals surface area contributed by atoms with Crippen molar-refractivity contribution in [2.75, 3.05) is 35.5 Å². The second kappa shape index (κ2) is 9.51. The molecule has 1 heterocycles. The van der Waals surface area contributed by atoms with E-state index in [-0.39, 0.29) is 17.2 Å². The zero-order valence-electron chi connectivity index (χ0n) is 18.3. The molecule has 1 aliphatic heterocycles. The Bertz CT molecular complexity index is 1030. The quantitative estimate of drug-likeness (QED) is 0.509. The Morgan fingerprint density at radius 3 is 2.06 bits per heavy atom. The summed E-state index contributed by atoms with van der Waals surface area (Å²) in [5.74, 6) is -1.00. The summed E-state index contributed by atoms with van der Waals surface area (Å²) in [5, 5.41) is 10.2. The largest absolute Gasteiger partial charge is 0.502 e. The van der Waals surface area contributed by atoms with Gasteiger partial charge >= 0.3 is 11.9 Å². The average molecular weight is 444 g/mol. The van der Waals surface area contributed by atoms with E-state index in [9.17, 15) is 14.7 Å². The average Bonchev–Trinajstić information content (AvgIpc) is 3.20. The van der Waals surface area contributed by atoms with Gasteiger partial charge in [0.25, 0.3) is 0 Å². The van der Waals surface area contributed by atoms with E-state index in [1.54, 1.807) is 30.3 Å². The Balaban J connectivity index is 2.15. The Labute approximate surface area is 185 Å². The topological polar surface area (TPSA) is 110 Å². The first-order valence-corrected chi connectivity index (χ1v) is 9.55. The van der Waals surface area contributed by atoms with E-state index in [4.69, 9.17) is 23.7 Å². The lowest BCUT2D eigenvalue weighted by Crippen LogP contribution is -2.20. The number of hydrogen-bond acceptors (Lipinski definition) is 9. The summed E-state index contributed by atoms with van der Waals surface area (Å²) in [7, 11) is 6.85. The number of carbonyl (C=O) groups excluding carboxylic acids is 2. The van der Waals surface area contributed by atoms with Gasteiger partial charge in [0.15, 0.2) is 23.0 Å². The SMILES string of the molecule is COC(=O)/C=C/c1cc(OC)c2c(c1)C(C(=O)OC)C(c1cc(OC)c(O)c(OC)c1)O2. The number of phenols is 1. The molecule has 0 aliphatic carbocycles. The minimum absolute atomic E-state index is 0.163. The highest BCUT2D eigenvalue weighted by atomic mass is 16.5. The maximum atomic E-state index is 12.8. The second-order valence-electron chi connectivity index (χ2n) is 6.81. The van der Waals surface area contributed by atoms with Gasteiger partial charge in [-0.3, -0.25) is 4.79 Å². The predicted octanol–water partition coefficient (Wildman–Crippen LogP) is 2.99. The highest BCUT2D eigenvalue weighted by Crippen LogP contribution is 2.53. The third kappa shape index (κ3) is 4.14. The summed E-state index contributed by atoms with van der Waals surface area (Å²) in [6.45, 7) is 0. The molecule has 2 atom stereocenters. The van der Waals surface area contributed by atoms with Gasteiger partial charge in [0, 0.05) is 17.2 Å². The maximum absolute atomic E-state index is 12.8. The number of aromatic hydroxyl groups is 1. The fraction of sp³-hybridized carbons (Fsp3) is 0.304. The van der Waals surface area contributed by atoms with Crippen molar-refractivity contribution in [2.24, 2.45) is 0 Å². The van der Waals surface area contributed by atoms with E-state index < -0.39 is 24.0 Å². The van der Waals surface area contributed by atoms with Gasteiger partial charge in [-0.15, -0.1) is 0 Å². The Kier molecular flexibility index (Phi) is 6.77. The number of esters is 2. The van der Waals surface area contributed by atoms with Crippen LogP contribution in [0.1, 0.15) is 28.7 Å². The van der Waals surface area contributed by atoms with Crippen LogP contribution >= 0.6 is 0 Å². The van der Waals surface area contributed by atoms with Crippen LogP contribution in [0.3, 0.4) is 0 Å². The van der Waals surface area contributed by atoms with Gasteiger partial charge in [-0.2, -0.15) is 0 Å². The van der Waals surface area contributed by atoms with Crippen LogP contribution in [0.2, 0.25) is 0 Å². The van der Waals surface area contributed by atoms with Gasteiger partial charge in [-0.1, -0.05) is 0 Å². The minimum atomic E-state index is -0.852. The normalized spacial score (nSPS) is 16.8. The molecular formula is C23H24O9. The van der Waals surface area contributed by atoms with Gasteiger partial charge in [-0.25, -0.2) is 4.79 Å². The van der Waals surface area contributed by atoms with Crippen molar-refractivity contribution in [1.82, 2.24) is 0 Å². The molecule has 9 heteroatoms. The van der Waals surface area contributed by atoms with Crippen molar-refractivity contribution >= 4 is 18.0 Å². The van der Waals surface area contributed by atoms with Gasteiger partial charge in [0.05, 0.1) is 35.5 Å². The van der Waals surface area contributed by atoms with Crippen LogP contribution in [-0.4, -0.2) is 52.6 Å². The van der Waals surface area contributed by atoms with Crippen molar-refractivity contribution in [1.29, 1.82) is 0 Å². The molecule has 1 N–H and O–H groups in total. The second-order valence-corrected chi connectivity index (χ2v) is 6.81. The smallest absolute Gasteiger partial charge is 0.330 e. The number of phenolic OH excluding ortho intramolecular Hbond substituents is 1. The van der Waals surface area contributed by atoms with E-state index in [0.717, 1.165) is 0 Å². The predicted molar refractivity (Wildman–Crippen MR) is 113 cm³/mol. The van der Waals surface area contributed by atoms with Gasteiger partial charge in [0.2, 0.25) is 5.75 Å². The monoisotopic (exact) mass is 444 g/mol. The number of hydrogen-bond donors (Lipinski definition) is 1. The van der Waals surface area contributed by atoms with Gasteiger partial charge in [-0.05, 0) is 35.9 Å². The summed E-state index contributed by atoms with van der Waals surface area (Å²) >= 11 is 0. The van der Waals surface area contributed by atoms with E-state index in [1.807, 2.05) is 0 Å². The van der Waals surface area contributed by atoms with Crippen LogP contribution in [0.15, 0.2) is 30.3 Å². The zero-order valence-corrected chi connectivity index (χ0v) is 18.3. The van der Waals surface area contributed by atoms with Gasteiger partial charge < -0.3 is 33.5 Å².